The van der Waals surface area contributed by atoms with Crippen LogP contribution in [0.3, 0.4) is 0 Å². The summed E-state index contributed by atoms with van der Waals surface area (Å²) in [6.07, 6.45) is 16.2. The summed E-state index contributed by atoms with van der Waals surface area (Å²) in [5, 5.41) is 0. The summed E-state index contributed by atoms with van der Waals surface area (Å²) < 4.78 is 3.54. The maximum absolute atomic E-state index is 2.61. The molecule has 0 nitrogen and oxygen atoms in total. The molecule has 1 aromatic carbocycles. The van der Waals surface area contributed by atoms with Crippen molar-refractivity contribution < 1.29 is 48.0 Å². The largest absolute Gasteiger partial charge is 1.00 e. The molecule has 0 heterocycles. The van der Waals surface area contributed by atoms with Gasteiger partial charge in [0.1, 0.15) is 0 Å². The van der Waals surface area contributed by atoms with Crippen molar-refractivity contribution in [3.05, 3.63) is 77.9 Å². The van der Waals surface area contributed by atoms with Crippen LogP contribution < -0.4 is 24.8 Å². The molecule has 0 saturated heterocycles. The zero-order valence-corrected chi connectivity index (χ0v) is 17.0. The van der Waals surface area contributed by atoms with Gasteiger partial charge in [0.25, 0.3) is 0 Å². The van der Waals surface area contributed by atoms with E-state index in [0.717, 1.165) is 0 Å². The molecule has 1 aromatic rings. The predicted octanol–water partition coefficient (Wildman–Crippen LogP) is -0.527. The number of allylic oxidation sites excluding steroid dienone is 8. The minimum absolute atomic E-state index is 0. The second kappa shape index (κ2) is 8.66. The summed E-state index contributed by atoms with van der Waals surface area (Å²) in [6, 6.07) is 11.2. The monoisotopic (exact) mass is 420 g/mol. The fraction of sp³-hybridized carbons (Fsp3) is 0.300. The third-order valence-electron chi connectivity index (χ3n) is 4.75. The fourth-order valence-electron chi connectivity index (χ4n) is 3.77. The molecule has 0 aliphatic heterocycles. The van der Waals surface area contributed by atoms with Crippen LogP contribution in [0.2, 0.25) is 0 Å². The van der Waals surface area contributed by atoms with E-state index in [2.05, 4.69) is 54.6 Å². The molecule has 0 fully saturated rings. The van der Waals surface area contributed by atoms with E-state index in [0.29, 0.717) is 5.92 Å². The summed E-state index contributed by atoms with van der Waals surface area (Å²) in [4.78, 5) is 0. The molecule has 0 N–H and O–H groups in total. The van der Waals surface area contributed by atoms with Crippen molar-refractivity contribution in [2.45, 2.75) is 38.0 Å². The smallest absolute Gasteiger partial charge is 1.00 e. The Kier molecular flexibility index (Phi) is 7.14. The molecule has 0 amide bonds. The number of rotatable bonds is 3. The summed E-state index contributed by atoms with van der Waals surface area (Å²) in [6.45, 7) is 0. The van der Waals surface area contributed by atoms with Gasteiger partial charge in [-0.25, -0.2) is 0 Å². The van der Waals surface area contributed by atoms with E-state index in [4.69, 9.17) is 0 Å². The van der Waals surface area contributed by atoms with Crippen LogP contribution in [0, 0.1) is 0 Å². The SMILES string of the molecule is C1=CC[C]([Zr+2][C]2=CC3=C(CCCC3)C2c2ccccc2)=C1.[Cl-].[Cl-]. The Morgan fingerprint density at radius 2 is 1.74 bits per heavy atom. The van der Waals surface area contributed by atoms with Crippen molar-refractivity contribution in [1.29, 1.82) is 0 Å². The minimum atomic E-state index is -0.581. The van der Waals surface area contributed by atoms with Gasteiger partial charge < -0.3 is 24.8 Å². The second-order valence-electron chi connectivity index (χ2n) is 6.15. The second-order valence-corrected chi connectivity index (χ2v) is 9.76. The first kappa shape index (κ1) is 19.0. The van der Waals surface area contributed by atoms with Gasteiger partial charge in [-0.05, 0) is 0 Å². The summed E-state index contributed by atoms with van der Waals surface area (Å²) in [5.74, 6) is 0.634. The van der Waals surface area contributed by atoms with E-state index in [1.54, 1.807) is 17.7 Å². The molecular weight excluding hydrogens is 402 g/mol. The Balaban J connectivity index is 0.000000960. The van der Waals surface area contributed by atoms with E-state index >= 15 is 0 Å². The predicted molar refractivity (Wildman–Crippen MR) is 84.6 cm³/mol. The summed E-state index contributed by atoms with van der Waals surface area (Å²) >= 11 is -0.581. The maximum atomic E-state index is 2.61. The fourth-order valence-corrected chi connectivity index (χ4v) is 7.46. The molecule has 0 aromatic heterocycles. The van der Waals surface area contributed by atoms with Crippen LogP contribution in [0.5, 0.6) is 0 Å². The van der Waals surface area contributed by atoms with Crippen molar-refractivity contribution >= 4 is 0 Å². The summed E-state index contributed by atoms with van der Waals surface area (Å²) in [5.41, 5.74) is 4.98. The molecular formula is C20H20Cl2Zr. The molecule has 0 radical (unpaired) electrons. The Hall–Kier alpha value is -0.357. The molecule has 3 aliphatic carbocycles. The van der Waals surface area contributed by atoms with Crippen molar-refractivity contribution in [1.82, 2.24) is 0 Å². The van der Waals surface area contributed by atoms with E-state index in [1.165, 1.54) is 37.7 Å². The first-order valence-corrected chi connectivity index (χ1v) is 10.5. The molecule has 0 saturated carbocycles. The van der Waals surface area contributed by atoms with Crippen LogP contribution in [-0.2, 0) is 23.2 Å². The number of benzene rings is 1. The van der Waals surface area contributed by atoms with Crippen LogP contribution in [0.4, 0.5) is 0 Å². The Bertz CT molecular complexity index is 668. The van der Waals surface area contributed by atoms with Crippen LogP contribution >= 0.6 is 0 Å². The molecule has 0 bridgehead atoms. The first-order valence-electron chi connectivity index (χ1n) is 8.03. The molecule has 0 spiro atoms. The normalized spacial score (nSPS) is 21.7. The molecule has 1 unspecified atom stereocenters. The quantitative estimate of drug-likeness (QED) is 0.615. The van der Waals surface area contributed by atoms with Crippen molar-refractivity contribution in [2.75, 3.05) is 0 Å². The number of hydrogen-bond acceptors (Lipinski definition) is 0. The van der Waals surface area contributed by atoms with E-state index in [-0.39, 0.29) is 24.8 Å². The average Bonchev–Trinajstić information content (AvgIpc) is 3.15. The van der Waals surface area contributed by atoms with Crippen LogP contribution in [0.25, 0.3) is 0 Å². The summed E-state index contributed by atoms with van der Waals surface area (Å²) in [7, 11) is 0. The Morgan fingerprint density at radius 1 is 0.957 bits per heavy atom. The Morgan fingerprint density at radius 3 is 2.48 bits per heavy atom. The molecule has 118 valence electrons. The minimum Gasteiger partial charge on any atom is -1.00 e. The Labute approximate surface area is 163 Å². The third kappa shape index (κ3) is 4.01. The average molecular weight is 423 g/mol. The van der Waals surface area contributed by atoms with E-state index < -0.39 is 23.2 Å². The molecule has 23 heavy (non-hydrogen) atoms. The molecule has 3 heteroatoms. The van der Waals surface area contributed by atoms with Gasteiger partial charge in [0, 0.05) is 0 Å². The van der Waals surface area contributed by atoms with Gasteiger partial charge in [0.15, 0.2) is 0 Å². The molecule has 3 aliphatic rings. The zero-order valence-electron chi connectivity index (χ0n) is 13.1. The van der Waals surface area contributed by atoms with Gasteiger partial charge in [0.2, 0.25) is 0 Å². The van der Waals surface area contributed by atoms with Gasteiger partial charge in [-0.15, -0.1) is 0 Å². The van der Waals surface area contributed by atoms with Crippen LogP contribution in [0.1, 0.15) is 43.6 Å². The van der Waals surface area contributed by atoms with Gasteiger partial charge in [-0.3, -0.25) is 0 Å². The topological polar surface area (TPSA) is 0 Å². The molecule has 4 rings (SSSR count). The van der Waals surface area contributed by atoms with Crippen LogP contribution in [0.15, 0.2) is 72.3 Å². The standard InChI is InChI=1S/C15H15.C5H5.2ClH.Zr/c1-2-6-12(7-3-1)15-11-10-13-8-4-5-9-14(13)15;1-2-4-5-3-1;;;/h1-3,6-7,10,15H,4-5,8-9H2;1-3H,4H2;2*1H;/q;;;;+2/p-2. The van der Waals surface area contributed by atoms with Gasteiger partial charge in [-0.1, -0.05) is 0 Å². The first-order chi connectivity index (χ1) is 10.4. The van der Waals surface area contributed by atoms with Gasteiger partial charge in [-0.2, -0.15) is 0 Å². The van der Waals surface area contributed by atoms with Gasteiger partial charge in [0.05, 0.1) is 0 Å². The van der Waals surface area contributed by atoms with Crippen LogP contribution in [-0.4, -0.2) is 0 Å². The number of halogens is 2. The van der Waals surface area contributed by atoms with Crippen molar-refractivity contribution in [2.24, 2.45) is 0 Å². The van der Waals surface area contributed by atoms with Crippen molar-refractivity contribution in [3.8, 4) is 0 Å². The van der Waals surface area contributed by atoms with E-state index in [1.807, 2.05) is 0 Å². The zero-order chi connectivity index (χ0) is 14.1. The third-order valence-corrected chi connectivity index (χ3v) is 8.23. The maximum Gasteiger partial charge on any atom is -1.00 e. The van der Waals surface area contributed by atoms with Crippen molar-refractivity contribution in [3.63, 3.8) is 0 Å². The number of hydrogen-bond donors (Lipinski definition) is 0. The van der Waals surface area contributed by atoms with E-state index in [9.17, 15) is 0 Å². The van der Waals surface area contributed by atoms with Gasteiger partial charge >= 0.3 is 139 Å². The molecule has 1 atom stereocenters.